The molecule has 3 nitrogen and oxygen atoms in total. The summed E-state index contributed by atoms with van der Waals surface area (Å²) < 4.78 is 5.96. The molecule has 72 valence electrons. The first kappa shape index (κ1) is 12.2. The van der Waals surface area contributed by atoms with Crippen LogP contribution in [-0.4, -0.2) is 23.5 Å². The zero-order chi connectivity index (χ0) is 9.23. The van der Waals surface area contributed by atoms with Crippen LogP contribution in [0.1, 0.15) is 25.7 Å². The van der Waals surface area contributed by atoms with E-state index in [-0.39, 0.29) is 5.97 Å². The van der Waals surface area contributed by atoms with Crippen molar-refractivity contribution in [1.82, 2.24) is 0 Å². The minimum Gasteiger partial charge on any atom is -0.466 e. The predicted octanol–water partition coefficient (Wildman–Crippen LogP) is 1.48. The molecule has 0 spiro atoms. The molecule has 0 radical (unpaired) electrons. The lowest BCUT2D eigenvalue weighted by Gasteiger charge is -2.02. The molecular formula is C8H16INO2. The maximum atomic E-state index is 10.9. The van der Waals surface area contributed by atoms with E-state index in [1.807, 2.05) is 0 Å². The number of nitrogens with two attached hydrogens (primary N) is 1. The monoisotopic (exact) mass is 285 g/mol. The largest absolute Gasteiger partial charge is 0.466 e. The molecule has 2 N–H and O–H groups in total. The fraction of sp³-hybridized carbons (Fsp3) is 0.875. The zero-order valence-electron chi connectivity index (χ0n) is 7.22. The van der Waals surface area contributed by atoms with Gasteiger partial charge in [-0.2, -0.15) is 0 Å². The van der Waals surface area contributed by atoms with Crippen LogP contribution in [-0.2, 0) is 9.53 Å². The second kappa shape index (κ2) is 9.25. The van der Waals surface area contributed by atoms with E-state index in [9.17, 15) is 4.79 Å². The van der Waals surface area contributed by atoms with Crippen molar-refractivity contribution in [2.75, 3.05) is 17.6 Å². The van der Waals surface area contributed by atoms with Gasteiger partial charge in [0.1, 0.15) is 0 Å². The Hall–Kier alpha value is 0.160. The number of hydrogen-bond donors (Lipinski definition) is 1. The van der Waals surface area contributed by atoms with Gasteiger partial charge in [0.2, 0.25) is 0 Å². The number of carbonyl (C=O) groups is 1. The van der Waals surface area contributed by atoms with Gasteiger partial charge in [-0.1, -0.05) is 22.6 Å². The summed E-state index contributed by atoms with van der Waals surface area (Å²) in [6.07, 6.45) is 3.27. The molecule has 0 amide bonds. The van der Waals surface area contributed by atoms with E-state index in [1.165, 1.54) is 0 Å². The van der Waals surface area contributed by atoms with Crippen LogP contribution in [0.2, 0.25) is 0 Å². The minimum absolute atomic E-state index is 0.0799. The van der Waals surface area contributed by atoms with Gasteiger partial charge in [0.05, 0.1) is 6.61 Å². The summed E-state index contributed by atoms with van der Waals surface area (Å²) in [4.78, 5) is 10.9. The van der Waals surface area contributed by atoms with E-state index in [0.717, 1.165) is 23.7 Å². The summed E-state index contributed by atoms with van der Waals surface area (Å²) in [5.74, 6) is -0.0799. The second-order valence-corrected chi connectivity index (χ2v) is 3.59. The molecule has 0 saturated heterocycles. The molecule has 0 heterocycles. The molecule has 0 unspecified atom stereocenters. The number of halogens is 1. The highest BCUT2D eigenvalue weighted by Gasteiger charge is 2.00. The Morgan fingerprint density at radius 2 is 2.08 bits per heavy atom. The van der Waals surface area contributed by atoms with Crippen molar-refractivity contribution in [3.05, 3.63) is 0 Å². The Labute approximate surface area is 87.2 Å². The molecule has 4 heteroatoms. The number of rotatable bonds is 7. The highest BCUT2D eigenvalue weighted by atomic mass is 127. The summed E-state index contributed by atoms with van der Waals surface area (Å²) in [7, 11) is 0. The number of unbranched alkanes of at least 4 members (excludes halogenated alkanes) is 1. The van der Waals surface area contributed by atoms with Crippen molar-refractivity contribution in [2.24, 2.45) is 5.73 Å². The maximum absolute atomic E-state index is 10.9. The fourth-order valence-corrected chi connectivity index (χ4v) is 1.10. The van der Waals surface area contributed by atoms with E-state index >= 15 is 0 Å². The van der Waals surface area contributed by atoms with E-state index in [1.54, 1.807) is 0 Å². The lowest BCUT2D eigenvalue weighted by atomic mass is 10.3. The molecular weight excluding hydrogens is 269 g/mol. The van der Waals surface area contributed by atoms with Crippen LogP contribution in [0.15, 0.2) is 0 Å². The third kappa shape index (κ3) is 8.26. The van der Waals surface area contributed by atoms with Crippen LogP contribution in [0, 0.1) is 0 Å². The quantitative estimate of drug-likeness (QED) is 0.334. The summed E-state index contributed by atoms with van der Waals surface area (Å²) in [6, 6.07) is 0. The molecule has 0 aromatic rings. The molecule has 0 rings (SSSR count). The topological polar surface area (TPSA) is 52.3 Å². The molecule has 0 bridgehead atoms. The average molecular weight is 285 g/mol. The van der Waals surface area contributed by atoms with Gasteiger partial charge in [0, 0.05) is 10.8 Å². The van der Waals surface area contributed by atoms with Gasteiger partial charge >= 0.3 is 5.97 Å². The van der Waals surface area contributed by atoms with Gasteiger partial charge in [0.15, 0.2) is 0 Å². The number of ether oxygens (including phenoxy) is 1. The highest BCUT2D eigenvalue weighted by Crippen LogP contribution is 1.97. The number of alkyl halides is 1. The molecule has 0 aromatic heterocycles. The third-order valence-corrected chi connectivity index (χ3v) is 2.14. The van der Waals surface area contributed by atoms with Crippen LogP contribution in [0.3, 0.4) is 0 Å². The minimum atomic E-state index is -0.0799. The fourth-order valence-electron chi connectivity index (χ4n) is 0.716. The van der Waals surface area contributed by atoms with Crippen molar-refractivity contribution >= 4 is 28.6 Å². The Morgan fingerprint density at radius 1 is 1.33 bits per heavy atom. The molecule has 0 saturated carbocycles. The normalized spacial score (nSPS) is 9.83. The Morgan fingerprint density at radius 3 is 2.67 bits per heavy atom. The van der Waals surface area contributed by atoms with Crippen molar-refractivity contribution in [3.63, 3.8) is 0 Å². The van der Waals surface area contributed by atoms with Crippen LogP contribution in [0.5, 0.6) is 0 Å². The Kier molecular flexibility index (Phi) is 9.37. The zero-order valence-corrected chi connectivity index (χ0v) is 9.38. The van der Waals surface area contributed by atoms with Gasteiger partial charge in [-0.3, -0.25) is 4.79 Å². The summed E-state index contributed by atoms with van der Waals surface area (Å²) in [6.45, 7) is 1.20. The molecule has 0 atom stereocenters. The van der Waals surface area contributed by atoms with Crippen molar-refractivity contribution < 1.29 is 9.53 Å². The number of esters is 1. The van der Waals surface area contributed by atoms with Gasteiger partial charge in [0.25, 0.3) is 0 Å². The summed E-state index contributed by atoms with van der Waals surface area (Å²) >= 11 is 2.25. The van der Waals surface area contributed by atoms with Crippen molar-refractivity contribution in [3.8, 4) is 0 Å². The third-order valence-electron chi connectivity index (χ3n) is 1.38. The van der Waals surface area contributed by atoms with Gasteiger partial charge < -0.3 is 10.5 Å². The average Bonchev–Trinajstić information content (AvgIpc) is 2.09. The molecule has 0 aliphatic carbocycles. The molecule has 0 aliphatic rings. The predicted molar refractivity (Wildman–Crippen MR) is 57.4 cm³/mol. The standard InChI is InChI=1S/C8H16INO2/c9-5-3-4-8(11)12-7-2-1-6-10/h1-7,10H2. The molecule has 12 heavy (non-hydrogen) atoms. The first-order chi connectivity index (χ1) is 5.81. The Bertz CT molecular complexity index is 120. The number of carbonyl (C=O) groups excluding carboxylic acids is 1. The van der Waals surface area contributed by atoms with Gasteiger partial charge in [-0.05, 0) is 25.8 Å². The maximum Gasteiger partial charge on any atom is 0.305 e. The van der Waals surface area contributed by atoms with Crippen LogP contribution < -0.4 is 5.73 Å². The van der Waals surface area contributed by atoms with Crippen LogP contribution in [0.25, 0.3) is 0 Å². The van der Waals surface area contributed by atoms with E-state index in [4.69, 9.17) is 10.5 Å². The van der Waals surface area contributed by atoms with Crippen LogP contribution in [0.4, 0.5) is 0 Å². The molecule has 0 aliphatic heterocycles. The van der Waals surface area contributed by atoms with E-state index in [2.05, 4.69) is 22.6 Å². The Balaban J connectivity index is 3.08. The van der Waals surface area contributed by atoms with Gasteiger partial charge in [-0.25, -0.2) is 0 Å². The SMILES string of the molecule is NCCCCOC(=O)CCCI. The molecule has 0 aromatic carbocycles. The van der Waals surface area contributed by atoms with E-state index in [0.29, 0.717) is 19.6 Å². The van der Waals surface area contributed by atoms with Crippen molar-refractivity contribution in [2.45, 2.75) is 25.7 Å². The van der Waals surface area contributed by atoms with Crippen LogP contribution >= 0.6 is 22.6 Å². The summed E-state index contributed by atoms with van der Waals surface area (Å²) in [5, 5.41) is 0. The van der Waals surface area contributed by atoms with Crippen molar-refractivity contribution in [1.29, 1.82) is 0 Å². The van der Waals surface area contributed by atoms with Gasteiger partial charge in [-0.15, -0.1) is 0 Å². The molecule has 0 fully saturated rings. The smallest absolute Gasteiger partial charge is 0.305 e. The first-order valence-electron chi connectivity index (χ1n) is 4.23. The first-order valence-corrected chi connectivity index (χ1v) is 5.75. The highest BCUT2D eigenvalue weighted by molar-refractivity contribution is 14.1. The summed E-state index contributed by atoms with van der Waals surface area (Å²) in [5.41, 5.74) is 5.28. The lowest BCUT2D eigenvalue weighted by Crippen LogP contribution is -2.07. The number of hydrogen-bond acceptors (Lipinski definition) is 3. The second-order valence-electron chi connectivity index (χ2n) is 2.51. The van der Waals surface area contributed by atoms with E-state index < -0.39 is 0 Å². The lowest BCUT2D eigenvalue weighted by molar-refractivity contribution is -0.143.